The molecule has 2 N–H and O–H groups in total. The molecule has 7 heteroatoms. The van der Waals surface area contributed by atoms with Gasteiger partial charge >= 0.3 is 0 Å². The highest BCUT2D eigenvalue weighted by Gasteiger charge is 2.09. The Hall–Kier alpha value is -1.62. The van der Waals surface area contributed by atoms with Crippen molar-refractivity contribution in [2.75, 3.05) is 17.2 Å². The normalized spacial score (nSPS) is 10.6. The Morgan fingerprint density at radius 2 is 1.79 bits per heavy atom. The van der Waals surface area contributed by atoms with Gasteiger partial charge < -0.3 is 15.4 Å². The number of ether oxygens (including phenoxy) is 1. The first-order chi connectivity index (χ1) is 11.3. The van der Waals surface area contributed by atoms with Gasteiger partial charge in [0, 0.05) is 11.8 Å². The summed E-state index contributed by atoms with van der Waals surface area (Å²) < 4.78 is 5.61. The van der Waals surface area contributed by atoms with Crippen LogP contribution < -0.4 is 15.4 Å². The first-order valence-corrected chi connectivity index (χ1v) is 8.43. The Bertz CT molecular complexity index is 736. The molecule has 24 heavy (non-hydrogen) atoms. The summed E-state index contributed by atoms with van der Waals surface area (Å²) in [5, 5.41) is 6.70. The van der Waals surface area contributed by atoms with Gasteiger partial charge in [0.05, 0.1) is 33.4 Å². The van der Waals surface area contributed by atoms with Gasteiger partial charge in [0.15, 0.2) is 0 Å². The summed E-state index contributed by atoms with van der Waals surface area (Å²) in [6, 6.07) is 10.4. The molecule has 2 aromatic carbocycles. The second-order valence-corrected chi connectivity index (χ2v) is 6.56. The van der Waals surface area contributed by atoms with E-state index in [2.05, 4.69) is 10.6 Å². The second-order valence-electron chi connectivity index (χ2n) is 5.34. The first kappa shape index (κ1) is 18.7. The van der Waals surface area contributed by atoms with Crippen LogP contribution in [0.15, 0.2) is 36.4 Å². The zero-order chi connectivity index (χ0) is 17.7. The van der Waals surface area contributed by atoms with Gasteiger partial charge in [0.2, 0.25) is 5.91 Å². The first-order valence-electron chi connectivity index (χ1n) is 7.30. The van der Waals surface area contributed by atoms with E-state index in [0.717, 1.165) is 11.4 Å². The van der Waals surface area contributed by atoms with Crippen molar-refractivity contribution in [1.82, 2.24) is 0 Å². The number of benzene rings is 2. The largest absolute Gasteiger partial charge is 0.491 e. The highest BCUT2D eigenvalue weighted by Crippen LogP contribution is 2.32. The number of halogens is 3. The van der Waals surface area contributed by atoms with Gasteiger partial charge in [-0.15, -0.1) is 0 Å². The van der Waals surface area contributed by atoms with Crippen molar-refractivity contribution < 1.29 is 9.53 Å². The van der Waals surface area contributed by atoms with Crippen LogP contribution in [-0.4, -0.2) is 18.6 Å². The monoisotopic (exact) mass is 386 g/mol. The van der Waals surface area contributed by atoms with E-state index in [4.69, 9.17) is 39.5 Å². The van der Waals surface area contributed by atoms with Gasteiger partial charge in [-0.2, -0.15) is 0 Å². The Morgan fingerprint density at radius 1 is 1.08 bits per heavy atom. The molecule has 0 saturated heterocycles. The van der Waals surface area contributed by atoms with Crippen molar-refractivity contribution >= 4 is 52.1 Å². The predicted molar refractivity (Wildman–Crippen MR) is 101 cm³/mol. The molecule has 2 rings (SSSR count). The maximum Gasteiger partial charge on any atom is 0.243 e. The molecule has 4 nitrogen and oxygen atoms in total. The highest BCUT2D eigenvalue weighted by molar-refractivity contribution is 6.44. The Kier molecular flexibility index (Phi) is 6.60. The van der Waals surface area contributed by atoms with E-state index in [1.54, 1.807) is 0 Å². The number of nitrogens with one attached hydrogen (secondary N) is 2. The van der Waals surface area contributed by atoms with Crippen molar-refractivity contribution in [3.63, 3.8) is 0 Å². The smallest absolute Gasteiger partial charge is 0.243 e. The van der Waals surface area contributed by atoms with E-state index in [1.165, 1.54) is 12.1 Å². The quantitative estimate of drug-likeness (QED) is 0.645. The molecule has 0 spiro atoms. The summed E-state index contributed by atoms with van der Waals surface area (Å²) >= 11 is 17.8. The van der Waals surface area contributed by atoms with Crippen LogP contribution in [0.5, 0.6) is 5.75 Å². The van der Waals surface area contributed by atoms with Crippen LogP contribution in [0.3, 0.4) is 0 Å². The Labute approximate surface area is 156 Å². The van der Waals surface area contributed by atoms with Crippen LogP contribution in [-0.2, 0) is 4.79 Å². The molecule has 0 fully saturated rings. The average Bonchev–Trinajstić information content (AvgIpc) is 2.50. The van der Waals surface area contributed by atoms with Crippen LogP contribution in [0.2, 0.25) is 15.1 Å². The van der Waals surface area contributed by atoms with E-state index < -0.39 is 0 Å². The van der Waals surface area contributed by atoms with Gasteiger partial charge in [0.1, 0.15) is 5.75 Å². The van der Waals surface area contributed by atoms with E-state index in [-0.39, 0.29) is 18.6 Å². The van der Waals surface area contributed by atoms with Gasteiger partial charge in [0.25, 0.3) is 0 Å². The van der Waals surface area contributed by atoms with Gasteiger partial charge in [-0.05, 0) is 38.1 Å². The Balaban J connectivity index is 1.95. The third-order valence-corrected chi connectivity index (χ3v) is 3.98. The van der Waals surface area contributed by atoms with Crippen molar-refractivity contribution in [3.05, 3.63) is 51.5 Å². The molecular formula is C17H17Cl3N2O2. The maximum atomic E-state index is 12.1. The second kappa shape index (κ2) is 8.47. The van der Waals surface area contributed by atoms with E-state index in [0.29, 0.717) is 20.8 Å². The van der Waals surface area contributed by atoms with Gasteiger partial charge in [-0.25, -0.2) is 0 Å². The molecule has 0 unspecified atom stereocenters. The SMILES string of the molecule is CC(C)Oc1cccc(NCC(=O)Nc2cc(Cl)c(Cl)cc2Cl)c1. The van der Waals surface area contributed by atoms with E-state index in [9.17, 15) is 4.79 Å². The lowest BCUT2D eigenvalue weighted by molar-refractivity contribution is -0.114. The minimum absolute atomic E-state index is 0.0711. The number of carbonyl (C=O) groups is 1. The summed E-state index contributed by atoms with van der Waals surface area (Å²) in [5.74, 6) is 0.480. The molecule has 2 aromatic rings. The average molecular weight is 388 g/mol. The molecule has 0 radical (unpaired) electrons. The molecule has 0 aromatic heterocycles. The molecule has 128 valence electrons. The summed E-state index contributed by atoms with van der Waals surface area (Å²) in [7, 11) is 0. The summed E-state index contributed by atoms with van der Waals surface area (Å²) in [5.41, 5.74) is 1.19. The predicted octanol–water partition coefficient (Wildman–Crippen LogP) is 5.48. The molecule has 0 aliphatic heterocycles. The van der Waals surface area contributed by atoms with Crippen molar-refractivity contribution in [1.29, 1.82) is 0 Å². The lowest BCUT2D eigenvalue weighted by Crippen LogP contribution is -2.22. The number of hydrogen-bond acceptors (Lipinski definition) is 3. The fourth-order valence-corrected chi connectivity index (χ4v) is 2.54. The number of rotatable bonds is 6. The summed E-state index contributed by atoms with van der Waals surface area (Å²) in [6.45, 7) is 3.98. The van der Waals surface area contributed by atoms with Crippen LogP contribution in [0.1, 0.15) is 13.8 Å². The van der Waals surface area contributed by atoms with E-state index in [1.807, 2.05) is 38.1 Å². The lowest BCUT2D eigenvalue weighted by atomic mass is 10.3. The minimum Gasteiger partial charge on any atom is -0.491 e. The van der Waals surface area contributed by atoms with Crippen LogP contribution >= 0.6 is 34.8 Å². The topological polar surface area (TPSA) is 50.4 Å². The number of hydrogen-bond donors (Lipinski definition) is 2. The fourth-order valence-electron chi connectivity index (χ4n) is 1.95. The minimum atomic E-state index is -0.259. The summed E-state index contributed by atoms with van der Waals surface area (Å²) in [6.07, 6.45) is 0.0837. The van der Waals surface area contributed by atoms with Gasteiger partial charge in [-0.3, -0.25) is 4.79 Å². The van der Waals surface area contributed by atoms with E-state index >= 15 is 0 Å². The van der Waals surface area contributed by atoms with Crippen LogP contribution in [0.4, 0.5) is 11.4 Å². The van der Waals surface area contributed by atoms with Crippen molar-refractivity contribution in [3.8, 4) is 5.75 Å². The highest BCUT2D eigenvalue weighted by atomic mass is 35.5. The van der Waals surface area contributed by atoms with Crippen LogP contribution in [0.25, 0.3) is 0 Å². The number of carbonyl (C=O) groups excluding carboxylic acids is 1. The number of anilines is 2. The summed E-state index contributed by atoms with van der Waals surface area (Å²) in [4.78, 5) is 12.1. The molecule has 0 atom stereocenters. The zero-order valence-corrected chi connectivity index (χ0v) is 15.5. The molecule has 1 amide bonds. The molecule has 0 aliphatic rings. The van der Waals surface area contributed by atoms with Gasteiger partial charge in [-0.1, -0.05) is 40.9 Å². The fraction of sp³-hybridized carbons (Fsp3) is 0.235. The molecule has 0 heterocycles. The molecule has 0 saturated carbocycles. The number of amides is 1. The maximum absolute atomic E-state index is 12.1. The van der Waals surface area contributed by atoms with Crippen LogP contribution in [0, 0.1) is 0 Å². The Morgan fingerprint density at radius 3 is 2.50 bits per heavy atom. The molecule has 0 aliphatic carbocycles. The third-order valence-electron chi connectivity index (χ3n) is 2.94. The third kappa shape index (κ3) is 5.48. The standard InChI is InChI=1S/C17H17Cl3N2O2/c1-10(2)24-12-5-3-4-11(6-12)21-9-17(23)22-16-8-14(19)13(18)7-15(16)20/h3-8,10,21H,9H2,1-2H3,(H,22,23). The van der Waals surface area contributed by atoms with Crippen molar-refractivity contribution in [2.45, 2.75) is 20.0 Å². The van der Waals surface area contributed by atoms with Crippen molar-refractivity contribution in [2.24, 2.45) is 0 Å². The lowest BCUT2D eigenvalue weighted by Gasteiger charge is -2.12. The molecule has 0 bridgehead atoms. The zero-order valence-electron chi connectivity index (χ0n) is 13.2. The molecular weight excluding hydrogens is 371 g/mol.